The lowest BCUT2D eigenvalue weighted by atomic mass is 10.0. The molecule has 1 aromatic heterocycles. The highest BCUT2D eigenvalue weighted by atomic mass is 16.5. The van der Waals surface area contributed by atoms with Gasteiger partial charge in [0.15, 0.2) is 0 Å². The van der Waals surface area contributed by atoms with Gasteiger partial charge in [-0.1, -0.05) is 36.4 Å². The molecule has 118 valence electrons. The zero-order valence-corrected chi connectivity index (χ0v) is 13.3. The van der Waals surface area contributed by atoms with Crippen LogP contribution in [0.4, 0.5) is 0 Å². The summed E-state index contributed by atoms with van der Waals surface area (Å²) < 4.78 is 11.1. The van der Waals surface area contributed by atoms with E-state index in [1.165, 1.54) is 0 Å². The van der Waals surface area contributed by atoms with Gasteiger partial charge >= 0.3 is 0 Å². The molecular weight excluding hydrogens is 300 g/mol. The summed E-state index contributed by atoms with van der Waals surface area (Å²) in [6.07, 6.45) is 1.67. The van der Waals surface area contributed by atoms with Gasteiger partial charge in [-0.05, 0) is 35.4 Å². The van der Waals surface area contributed by atoms with Crippen molar-refractivity contribution in [3.63, 3.8) is 0 Å². The van der Waals surface area contributed by atoms with Crippen molar-refractivity contribution in [1.29, 1.82) is 5.26 Å². The zero-order valence-electron chi connectivity index (χ0n) is 13.3. The van der Waals surface area contributed by atoms with Crippen molar-refractivity contribution >= 4 is 0 Å². The van der Waals surface area contributed by atoms with Crippen LogP contribution < -0.4 is 9.47 Å². The van der Waals surface area contributed by atoms with Crippen LogP contribution in [-0.4, -0.2) is 12.1 Å². The first kappa shape index (κ1) is 15.6. The predicted octanol–water partition coefficient (Wildman–Crippen LogP) is 4.21. The molecule has 0 spiro atoms. The van der Waals surface area contributed by atoms with E-state index < -0.39 is 0 Å². The Morgan fingerprint density at radius 3 is 2.62 bits per heavy atom. The molecule has 0 amide bonds. The van der Waals surface area contributed by atoms with E-state index in [-0.39, 0.29) is 0 Å². The molecule has 24 heavy (non-hydrogen) atoms. The van der Waals surface area contributed by atoms with Crippen molar-refractivity contribution in [1.82, 2.24) is 4.98 Å². The monoisotopic (exact) mass is 316 g/mol. The molecule has 0 radical (unpaired) electrons. The topological polar surface area (TPSA) is 55.1 Å². The van der Waals surface area contributed by atoms with E-state index in [4.69, 9.17) is 9.47 Å². The van der Waals surface area contributed by atoms with Crippen LogP contribution in [0.2, 0.25) is 0 Å². The third kappa shape index (κ3) is 3.36. The summed E-state index contributed by atoms with van der Waals surface area (Å²) in [6, 6.07) is 21.3. The molecule has 3 rings (SSSR count). The van der Waals surface area contributed by atoms with Gasteiger partial charge in [0.2, 0.25) is 5.88 Å². The number of hydrogen-bond donors (Lipinski definition) is 0. The minimum Gasteiger partial charge on any atom is -0.488 e. The second kappa shape index (κ2) is 7.30. The lowest BCUT2D eigenvalue weighted by molar-refractivity contribution is 0.305. The van der Waals surface area contributed by atoms with Gasteiger partial charge in [-0.15, -0.1) is 0 Å². The van der Waals surface area contributed by atoms with E-state index in [1.807, 2.05) is 54.6 Å². The first-order valence-electron chi connectivity index (χ1n) is 7.52. The number of hydrogen-bond acceptors (Lipinski definition) is 4. The van der Waals surface area contributed by atoms with Gasteiger partial charge in [-0.2, -0.15) is 5.26 Å². The molecule has 0 bridgehead atoms. The molecule has 0 fully saturated rings. The van der Waals surface area contributed by atoms with Crippen molar-refractivity contribution in [2.24, 2.45) is 0 Å². The predicted molar refractivity (Wildman–Crippen MR) is 91.7 cm³/mol. The third-order valence-electron chi connectivity index (χ3n) is 3.61. The van der Waals surface area contributed by atoms with Crippen molar-refractivity contribution < 1.29 is 9.47 Å². The zero-order chi connectivity index (χ0) is 16.8. The number of ether oxygens (including phenoxy) is 2. The minimum atomic E-state index is 0.422. The Morgan fingerprint density at radius 1 is 1.04 bits per heavy atom. The summed E-state index contributed by atoms with van der Waals surface area (Å²) in [5.41, 5.74) is 3.24. The average molecular weight is 316 g/mol. The molecule has 2 aromatic carbocycles. The molecule has 0 atom stereocenters. The molecule has 3 aromatic rings. The van der Waals surface area contributed by atoms with Crippen molar-refractivity contribution in [3.05, 3.63) is 78.0 Å². The van der Waals surface area contributed by atoms with Crippen LogP contribution in [0.25, 0.3) is 11.1 Å². The van der Waals surface area contributed by atoms with Gasteiger partial charge in [-0.3, -0.25) is 0 Å². The molecule has 0 N–H and O–H groups in total. The van der Waals surface area contributed by atoms with Gasteiger partial charge < -0.3 is 9.47 Å². The Labute approximate surface area is 140 Å². The molecule has 0 aliphatic heterocycles. The molecule has 0 unspecified atom stereocenters. The van der Waals surface area contributed by atoms with Gasteiger partial charge in [-0.25, -0.2) is 4.98 Å². The van der Waals surface area contributed by atoms with Crippen LogP contribution >= 0.6 is 0 Å². The van der Waals surface area contributed by atoms with Crippen LogP contribution in [0.5, 0.6) is 11.6 Å². The maximum atomic E-state index is 9.44. The standard InChI is InChI=1S/C20H16N2O2/c1-23-20-18(8-5-11-22-20)16-9-10-19(17(12-16)13-21)24-14-15-6-3-2-4-7-15/h2-12H,14H2,1H3. The Hall–Kier alpha value is -3.32. The highest BCUT2D eigenvalue weighted by Gasteiger charge is 2.10. The number of nitriles is 1. The highest BCUT2D eigenvalue weighted by Crippen LogP contribution is 2.31. The first-order chi connectivity index (χ1) is 11.8. The van der Waals surface area contributed by atoms with Gasteiger partial charge in [0.25, 0.3) is 0 Å². The first-order valence-corrected chi connectivity index (χ1v) is 7.52. The Kier molecular flexibility index (Phi) is 4.73. The third-order valence-corrected chi connectivity index (χ3v) is 3.61. The fourth-order valence-corrected chi connectivity index (χ4v) is 2.42. The summed E-state index contributed by atoms with van der Waals surface area (Å²) in [5, 5.41) is 9.44. The Bertz CT molecular complexity index is 870. The molecule has 0 saturated carbocycles. The summed E-state index contributed by atoms with van der Waals surface area (Å²) in [5.74, 6) is 1.09. The van der Waals surface area contributed by atoms with Crippen LogP contribution in [0.15, 0.2) is 66.9 Å². The Morgan fingerprint density at radius 2 is 1.88 bits per heavy atom. The van der Waals surface area contributed by atoms with E-state index in [0.717, 1.165) is 16.7 Å². The fraction of sp³-hybridized carbons (Fsp3) is 0.100. The fourth-order valence-electron chi connectivity index (χ4n) is 2.42. The maximum Gasteiger partial charge on any atom is 0.221 e. The summed E-state index contributed by atoms with van der Waals surface area (Å²) >= 11 is 0. The van der Waals surface area contributed by atoms with Crippen LogP contribution in [0.1, 0.15) is 11.1 Å². The normalized spacial score (nSPS) is 10.0. The van der Waals surface area contributed by atoms with Crippen molar-refractivity contribution in [2.45, 2.75) is 6.61 Å². The summed E-state index contributed by atoms with van der Waals surface area (Å²) in [7, 11) is 1.58. The van der Waals surface area contributed by atoms with Gasteiger partial charge in [0.1, 0.15) is 18.4 Å². The van der Waals surface area contributed by atoms with E-state index in [0.29, 0.717) is 23.8 Å². The number of methoxy groups -OCH3 is 1. The summed E-state index contributed by atoms with van der Waals surface area (Å²) in [4.78, 5) is 4.19. The lowest BCUT2D eigenvalue weighted by Crippen LogP contribution is -1.98. The number of nitrogens with zero attached hydrogens (tertiary/aromatic N) is 2. The smallest absolute Gasteiger partial charge is 0.221 e. The van der Waals surface area contributed by atoms with E-state index >= 15 is 0 Å². The largest absolute Gasteiger partial charge is 0.488 e. The van der Waals surface area contributed by atoms with Crippen LogP contribution in [0.3, 0.4) is 0 Å². The summed E-state index contributed by atoms with van der Waals surface area (Å²) in [6.45, 7) is 0.422. The number of benzene rings is 2. The molecule has 4 heteroatoms. The van der Waals surface area contributed by atoms with E-state index in [1.54, 1.807) is 19.4 Å². The van der Waals surface area contributed by atoms with Gasteiger partial charge in [0, 0.05) is 11.8 Å². The molecule has 1 heterocycles. The second-order valence-corrected chi connectivity index (χ2v) is 5.16. The van der Waals surface area contributed by atoms with Crippen molar-refractivity contribution in [2.75, 3.05) is 7.11 Å². The number of pyridine rings is 1. The number of aromatic nitrogens is 1. The molecule has 4 nitrogen and oxygen atoms in total. The van der Waals surface area contributed by atoms with E-state index in [9.17, 15) is 5.26 Å². The maximum absolute atomic E-state index is 9.44. The van der Waals surface area contributed by atoms with Gasteiger partial charge in [0.05, 0.1) is 12.7 Å². The SMILES string of the molecule is COc1ncccc1-c1ccc(OCc2ccccc2)c(C#N)c1. The minimum absolute atomic E-state index is 0.422. The van der Waals surface area contributed by atoms with E-state index in [2.05, 4.69) is 11.1 Å². The van der Waals surface area contributed by atoms with Crippen LogP contribution in [0, 0.1) is 11.3 Å². The second-order valence-electron chi connectivity index (χ2n) is 5.16. The molecule has 0 saturated heterocycles. The average Bonchev–Trinajstić information content (AvgIpc) is 2.67. The molecule has 0 aliphatic carbocycles. The Balaban J connectivity index is 1.87. The quantitative estimate of drug-likeness (QED) is 0.707. The van der Waals surface area contributed by atoms with Crippen LogP contribution in [-0.2, 0) is 6.61 Å². The van der Waals surface area contributed by atoms with Crippen molar-refractivity contribution in [3.8, 4) is 28.8 Å². The highest BCUT2D eigenvalue weighted by molar-refractivity contribution is 5.71. The molecule has 0 aliphatic rings. The molecular formula is C20H16N2O2. The number of rotatable bonds is 5. The lowest BCUT2D eigenvalue weighted by Gasteiger charge is -2.11.